The molecule has 0 saturated carbocycles. The van der Waals surface area contributed by atoms with Crippen LogP contribution in [0.15, 0.2) is 78.9 Å². The number of carbonyl (C=O) groups excluding carboxylic acids is 4. The van der Waals surface area contributed by atoms with Gasteiger partial charge in [-0.2, -0.15) is 0 Å². The van der Waals surface area contributed by atoms with Crippen LogP contribution in [0.2, 0.25) is 0 Å². The van der Waals surface area contributed by atoms with Crippen molar-refractivity contribution < 1.29 is 28.7 Å². The number of rotatable bonds is 7. The van der Waals surface area contributed by atoms with E-state index in [2.05, 4.69) is 22.8 Å². The maximum Gasteiger partial charge on any atom is 0.411 e. The lowest BCUT2D eigenvalue weighted by Crippen LogP contribution is -2.48. The molecule has 1 heterocycles. The maximum atomic E-state index is 13.4. The number of hydrogen-bond acceptors (Lipinski definition) is 6. The molecule has 1 fully saturated rings. The minimum absolute atomic E-state index is 0.0499. The average molecular weight is 570 g/mol. The molecule has 5 rings (SSSR count). The molecular formula is C33H35N3O6. The molecule has 9 nitrogen and oxygen atoms in total. The number of alkyl carbamates (subject to hydrolysis) is 1. The van der Waals surface area contributed by atoms with Crippen LogP contribution in [0.3, 0.4) is 0 Å². The summed E-state index contributed by atoms with van der Waals surface area (Å²) in [5.41, 5.74) is 4.29. The van der Waals surface area contributed by atoms with E-state index in [-0.39, 0.29) is 25.5 Å². The maximum absolute atomic E-state index is 13.4. The third-order valence-corrected chi connectivity index (χ3v) is 7.49. The van der Waals surface area contributed by atoms with Crippen molar-refractivity contribution in [2.45, 2.75) is 56.8 Å². The van der Waals surface area contributed by atoms with Crippen LogP contribution >= 0.6 is 0 Å². The summed E-state index contributed by atoms with van der Waals surface area (Å²) in [6, 6.07) is 22.6. The highest BCUT2D eigenvalue weighted by molar-refractivity contribution is 5.89. The molecule has 218 valence electrons. The number of aldehydes is 1. The van der Waals surface area contributed by atoms with Crippen LogP contribution in [0.25, 0.3) is 11.1 Å². The molecule has 9 heteroatoms. The van der Waals surface area contributed by atoms with E-state index in [1.54, 1.807) is 45.0 Å². The number of nitrogens with one attached hydrogen (secondary N) is 2. The van der Waals surface area contributed by atoms with Gasteiger partial charge in [-0.05, 0) is 55.0 Å². The van der Waals surface area contributed by atoms with Gasteiger partial charge in [0, 0.05) is 12.5 Å². The first kappa shape index (κ1) is 28.9. The molecule has 1 aliphatic heterocycles. The Bertz CT molecular complexity index is 1420. The molecule has 1 saturated heterocycles. The fourth-order valence-corrected chi connectivity index (χ4v) is 5.62. The summed E-state index contributed by atoms with van der Waals surface area (Å²) in [6.45, 7) is 5.40. The highest BCUT2D eigenvalue weighted by Crippen LogP contribution is 2.44. The summed E-state index contributed by atoms with van der Waals surface area (Å²) in [5.74, 6) is -0.611. The monoisotopic (exact) mass is 569 g/mol. The first-order valence-corrected chi connectivity index (χ1v) is 14.1. The molecule has 3 aromatic rings. The third-order valence-electron chi connectivity index (χ3n) is 7.49. The van der Waals surface area contributed by atoms with E-state index in [1.165, 1.54) is 4.90 Å². The second kappa shape index (κ2) is 12.1. The molecule has 0 unspecified atom stereocenters. The summed E-state index contributed by atoms with van der Waals surface area (Å²) < 4.78 is 11.2. The number of benzene rings is 3. The zero-order valence-electron chi connectivity index (χ0n) is 23.9. The van der Waals surface area contributed by atoms with Crippen LogP contribution in [-0.4, -0.2) is 60.1 Å². The van der Waals surface area contributed by atoms with E-state index in [0.29, 0.717) is 11.8 Å². The number of carbonyl (C=O) groups is 4. The lowest BCUT2D eigenvalue weighted by atomic mass is 9.98. The van der Waals surface area contributed by atoms with E-state index in [4.69, 9.17) is 9.47 Å². The molecule has 2 N–H and O–H groups in total. The van der Waals surface area contributed by atoms with Gasteiger partial charge >= 0.3 is 12.2 Å². The van der Waals surface area contributed by atoms with Gasteiger partial charge in [0.25, 0.3) is 0 Å². The Morgan fingerprint density at radius 2 is 1.52 bits per heavy atom. The zero-order valence-corrected chi connectivity index (χ0v) is 23.9. The summed E-state index contributed by atoms with van der Waals surface area (Å²) in [4.78, 5) is 52.5. The Labute approximate surface area is 245 Å². The van der Waals surface area contributed by atoms with Crippen molar-refractivity contribution in [1.29, 1.82) is 0 Å². The quantitative estimate of drug-likeness (QED) is 0.389. The predicted molar refractivity (Wildman–Crippen MR) is 157 cm³/mol. The zero-order chi connectivity index (χ0) is 29.9. The molecule has 3 atom stereocenters. The Hall–Kier alpha value is -4.66. The van der Waals surface area contributed by atoms with E-state index in [0.717, 1.165) is 22.3 Å². The Kier molecular flexibility index (Phi) is 8.29. The smallest absolute Gasteiger partial charge is 0.411 e. The molecule has 0 aromatic heterocycles. The van der Waals surface area contributed by atoms with Crippen molar-refractivity contribution in [3.05, 3.63) is 95.6 Å². The molecule has 0 radical (unpaired) electrons. The number of ether oxygens (including phenoxy) is 2. The first-order valence-electron chi connectivity index (χ1n) is 14.1. The largest absolute Gasteiger partial charge is 0.449 e. The Morgan fingerprint density at radius 3 is 2.12 bits per heavy atom. The number of nitrogens with zero attached hydrogens (tertiary/aromatic N) is 1. The second-order valence-corrected chi connectivity index (χ2v) is 11.6. The standard InChI is InChI=1S/C33H35N3O6/c1-33(2,3)42-32(40)36-18-22(17-29(36)30(38)35-28(19-37)21-11-5-4-6-12-21)34-31(39)41-20-27-25-15-9-7-13-23(25)24-14-8-10-16-26(24)27/h4-16,19,22,27-29H,17-18,20H2,1-3H3,(H,34,39)(H,35,38)/t22-,28+,29-/m0/s1. The third kappa shape index (κ3) is 6.30. The number of hydrogen-bond donors (Lipinski definition) is 2. The summed E-state index contributed by atoms with van der Waals surface area (Å²) in [7, 11) is 0. The molecule has 3 amide bonds. The minimum atomic E-state index is -0.954. The van der Waals surface area contributed by atoms with Gasteiger partial charge in [-0.15, -0.1) is 0 Å². The highest BCUT2D eigenvalue weighted by Gasteiger charge is 2.43. The van der Waals surface area contributed by atoms with Gasteiger partial charge in [-0.1, -0.05) is 78.9 Å². The van der Waals surface area contributed by atoms with Crippen molar-refractivity contribution in [1.82, 2.24) is 15.5 Å². The number of amides is 3. The highest BCUT2D eigenvalue weighted by atomic mass is 16.6. The van der Waals surface area contributed by atoms with Crippen molar-refractivity contribution in [3.8, 4) is 11.1 Å². The summed E-state index contributed by atoms with van der Waals surface area (Å²) in [5, 5.41) is 5.55. The predicted octanol–water partition coefficient (Wildman–Crippen LogP) is 4.96. The van der Waals surface area contributed by atoms with Gasteiger partial charge in [-0.25, -0.2) is 9.59 Å². The molecule has 0 bridgehead atoms. The first-order chi connectivity index (χ1) is 20.1. The van der Waals surface area contributed by atoms with Crippen LogP contribution in [0, 0.1) is 0 Å². The lowest BCUT2D eigenvalue weighted by molar-refractivity contribution is -0.128. The topological polar surface area (TPSA) is 114 Å². The van der Waals surface area contributed by atoms with Crippen LogP contribution in [0.5, 0.6) is 0 Å². The molecule has 42 heavy (non-hydrogen) atoms. The summed E-state index contributed by atoms with van der Waals surface area (Å²) in [6.07, 6.45) is -0.536. The van der Waals surface area contributed by atoms with Gasteiger partial charge < -0.3 is 24.9 Å². The fourth-order valence-electron chi connectivity index (χ4n) is 5.62. The van der Waals surface area contributed by atoms with Crippen molar-refractivity contribution in [2.24, 2.45) is 0 Å². The molecular weight excluding hydrogens is 534 g/mol. The fraction of sp³-hybridized carbons (Fsp3) is 0.333. The number of fused-ring (bicyclic) bond motifs is 3. The van der Waals surface area contributed by atoms with Gasteiger partial charge in [0.1, 0.15) is 30.6 Å². The van der Waals surface area contributed by atoms with Crippen molar-refractivity contribution in [2.75, 3.05) is 13.2 Å². The number of likely N-dealkylation sites (tertiary alicyclic amines) is 1. The van der Waals surface area contributed by atoms with Crippen molar-refractivity contribution >= 4 is 24.4 Å². The van der Waals surface area contributed by atoms with Gasteiger partial charge in [0.05, 0.1) is 6.04 Å². The molecule has 2 aliphatic rings. The van der Waals surface area contributed by atoms with Crippen LogP contribution < -0.4 is 10.6 Å². The van der Waals surface area contributed by atoms with E-state index in [9.17, 15) is 19.2 Å². The average Bonchev–Trinajstić information content (AvgIpc) is 3.54. The van der Waals surface area contributed by atoms with Gasteiger partial charge in [0.2, 0.25) is 5.91 Å². The Balaban J connectivity index is 1.26. The van der Waals surface area contributed by atoms with E-state index < -0.39 is 41.8 Å². The van der Waals surface area contributed by atoms with Crippen molar-refractivity contribution in [3.63, 3.8) is 0 Å². The second-order valence-electron chi connectivity index (χ2n) is 11.6. The molecule has 3 aromatic carbocycles. The SMILES string of the molecule is CC(C)(C)OC(=O)N1C[C@@H](NC(=O)OCC2c3ccccc3-c3ccccc32)C[C@H]1C(=O)N[C@H](C=O)c1ccccc1. The van der Waals surface area contributed by atoms with E-state index >= 15 is 0 Å². The van der Waals surface area contributed by atoms with Crippen LogP contribution in [0.4, 0.5) is 9.59 Å². The molecule has 1 aliphatic carbocycles. The normalized spacial score (nSPS) is 18.4. The van der Waals surface area contributed by atoms with Crippen LogP contribution in [0.1, 0.15) is 55.8 Å². The lowest BCUT2D eigenvalue weighted by Gasteiger charge is -2.28. The summed E-state index contributed by atoms with van der Waals surface area (Å²) >= 11 is 0. The van der Waals surface area contributed by atoms with Gasteiger partial charge in [-0.3, -0.25) is 9.69 Å². The minimum Gasteiger partial charge on any atom is -0.449 e. The van der Waals surface area contributed by atoms with Crippen LogP contribution in [-0.2, 0) is 19.1 Å². The Morgan fingerprint density at radius 1 is 0.929 bits per heavy atom. The van der Waals surface area contributed by atoms with E-state index in [1.807, 2.05) is 42.5 Å². The molecule has 0 spiro atoms. The van der Waals surface area contributed by atoms with Gasteiger partial charge in [0.15, 0.2) is 0 Å².